The molecule has 0 bridgehead atoms. The smallest absolute Gasteiger partial charge is 0.289 e. The minimum atomic E-state index is -0.527. The van der Waals surface area contributed by atoms with Crippen molar-refractivity contribution in [1.29, 1.82) is 0 Å². The van der Waals surface area contributed by atoms with Gasteiger partial charge < -0.3 is 9.47 Å². The Balaban J connectivity index is 2.31. The number of rotatable bonds is 9. The Morgan fingerprint density at radius 2 is 1.87 bits per heavy atom. The highest BCUT2D eigenvalue weighted by atomic mass is 79.9. The Bertz CT molecular complexity index is 1110. The fourth-order valence-corrected chi connectivity index (χ4v) is 4.06. The topological polar surface area (TPSA) is 95.7 Å². The number of unbranched alkanes of at least 4 members (excludes halogenated alkanes) is 1. The van der Waals surface area contributed by atoms with Crippen molar-refractivity contribution in [1.82, 2.24) is 14.5 Å². The summed E-state index contributed by atoms with van der Waals surface area (Å²) >= 11 is 4.37. The number of aromatic nitrogens is 3. The fourth-order valence-electron chi connectivity index (χ4n) is 3.03. The second-order valence-electron chi connectivity index (χ2n) is 6.44. The van der Waals surface area contributed by atoms with Gasteiger partial charge in [-0.05, 0) is 51.8 Å². The van der Waals surface area contributed by atoms with Gasteiger partial charge in [0.2, 0.25) is 5.82 Å². The van der Waals surface area contributed by atoms with Crippen molar-refractivity contribution < 1.29 is 9.47 Å². The Kier molecular flexibility index (Phi) is 7.80. The van der Waals surface area contributed by atoms with Crippen molar-refractivity contribution in [2.75, 3.05) is 14.2 Å². The van der Waals surface area contributed by atoms with E-state index in [1.807, 2.05) is 6.92 Å². The van der Waals surface area contributed by atoms with Gasteiger partial charge in [0, 0.05) is 17.1 Å². The van der Waals surface area contributed by atoms with Crippen molar-refractivity contribution >= 4 is 33.5 Å². The molecule has 31 heavy (non-hydrogen) atoms. The Hall–Kier alpha value is -2.72. The highest BCUT2D eigenvalue weighted by Crippen LogP contribution is 2.40. The van der Waals surface area contributed by atoms with Gasteiger partial charge in [-0.1, -0.05) is 31.2 Å². The predicted molar refractivity (Wildman–Crippen MR) is 123 cm³/mol. The average molecular weight is 505 g/mol. The van der Waals surface area contributed by atoms with Gasteiger partial charge >= 0.3 is 0 Å². The number of nitroso groups, excluding NO2 is 1. The molecule has 10 heteroatoms. The Morgan fingerprint density at radius 3 is 2.42 bits per heavy atom. The van der Waals surface area contributed by atoms with Crippen molar-refractivity contribution in [3.8, 4) is 17.2 Å². The van der Waals surface area contributed by atoms with E-state index in [1.165, 1.54) is 14.2 Å². The molecule has 0 atom stereocenters. The van der Waals surface area contributed by atoms with Crippen LogP contribution in [0.2, 0.25) is 0 Å². The van der Waals surface area contributed by atoms with E-state index in [1.54, 1.807) is 41.1 Å². The number of para-hydroxylation sites is 1. The van der Waals surface area contributed by atoms with E-state index < -0.39 is 5.56 Å². The van der Waals surface area contributed by atoms with Crippen LogP contribution in [0.3, 0.4) is 0 Å². The van der Waals surface area contributed by atoms with Crippen molar-refractivity contribution in [3.05, 3.63) is 62.1 Å². The lowest BCUT2D eigenvalue weighted by Gasteiger charge is -2.20. The third kappa shape index (κ3) is 4.96. The highest BCUT2D eigenvalue weighted by molar-refractivity contribution is 9.10. The standard InChI is InChI=1S/C21H21BrN4O4S/c1-4-5-9-16-24-21(27)19(31-17-11-10-13(22)12-23-17)20(25-28)26(16)18-14(29-2)7-6-8-15(18)30-3/h6-8,10-12H,4-5,9H2,1-3H3. The molecule has 0 spiro atoms. The minimum absolute atomic E-state index is 0.0661. The van der Waals surface area contributed by atoms with Gasteiger partial charge in [0.15, 0.2) is 0 Å². The van der Waals surface area contributed by atoms with Crippen LogP contribution in [-0.4, -0.2) is 28.8 Å². The van der Waals surface area contributed by atoms with E-state index in [4.69, 9.17) is 9.47 Å². The number of methoxy groups -OCH3 is 2. The van der Waals surface area contributed by atoms with Crippen LogP contribution in [-0.2, 0) is 6.42 Å². The molecular formula is C21H21BrN4O4S. The van der Waals surface area contributed by atoms with E-state index in [-0.39, 0.29) is 10.7 Å². The molecule has 2 aromatic heterocycles. The Morgan fingerprint density at radius 1 is 1.16 bits per heavy atom. The van der Waals surface area contributed by atoms with Crippen LogP contribution in [0.5, 0.6) is 11.5 Å². The first-order valence-electron chi connectivity index (χ1n) is 9.54. The molecule has 1 aromatic carbocycles. The molecule has 0 radical (unpaired) electrons. The molecule has 162 valence electrons. The molecule has 2 heterocycles. The lowest BCUT2D eigenvalue weighted by Crippen LogP contribution is -2.20. The third-order valence-corrected chi connectivity index (χ3v) is 5.95. The summed E-state index contributed by atoms with van der Waals surface area (Å²) in [5.41, 5.74) is -0.0631. The van der Waals surface area contributed by atoms with Crippen molar-refractivity contribution in [2.24, 2.45) is 5.18 Å². The molecule has 0 fully saturated rings. The van der Waals surface area contributed by atoms with Crippen LogP contribution in [0.15, 0.2) is 60.9 Å². The van der Waals surface area contributed by atoms with Gasteiger partial charge in [0.05, 0.1) is 14.2 Å². The van der Waals surface area contributed by atoms with Crippen LogP contribution in [0.25, 0.3) is 5.69 Å². The van der Waals surface area contributed by atoms with Gasteiger partial charge in [0.25, 0.3) is 5.56 Å². The lowest BCUT2D eigenvalue weighted by molar-refractivity contribution is 0.390. The van der Waals surface area contributed by atoms with Crippen molar-refractivity contribution in [2.45, 2.75) is 36.1 Å². The number of aryl methyl sites for hydroxylation is 1. The Labute approximate surface area is 192 Å². The normalized spacial score (nSPS) is 10.7. The third-order valence-electron chi connectivity index (χ3n) is 4.47. The maximum absolute atomic E-state index is 12.9. The number of nitrogens with zero attached hydrogens (tertiary/aromatic N) is 4. The van der Waals surface area contributed by atoms with E-state index in [9.17, 15) is 9.70 Å². The number of pyridine rings is 1. The zero-order valence-electron chi connectivity index (χ0n) is 17.3. The summed E-state index contributed by atoms with van der Waals surface area (Å²) in [7, 11) is 3.05. The zero-order chi connectivity index (χ0) is 22.4. The fraction of sp³-hybridized carbons (Fsp3) is 0.286. The maximum atomic E-state index is 12.9. The van der Waals surface area contributed by atoms with E-state index in [2.05, 4.69) is 31.1 Å². The quantitative estimate of drug-likeness (QED) is 0.364. The molecular weight excluding hydrogens is 484 g/mol. The molecule has 0 aliphatic rings. The van der Waals surface area contributed by atoms with Crippen molar-refractivity contribution in [3.63, 3.8) is 0 Å². The monoisotopic (exact) mass is 504 g/mol. The molecule has 3 aromatic rings. The lowest BCUT2D eigenvalue weighted by atomic mass is 10.2. The van der Waals surface area contributed by atoms with Gasteiger partial charge in [-0.3, -0.25) is 9.36 Å². The molecule has 0 aliphatic carbocycles. The van der Waals surface area contributed by atoms with Crippen LogP contribution in [0, 0.1) is 4.91 Å². The molecule has 0 unspecified atom stereocenters. The number of halogens is 1. The van der Waals surface area contributed by atoms with Crippen LogP contribution in [0.4, 0.5) is 5.82 Å². The van der Waals surface area contributed by atoms with Crippen LogP contribution < -0.4 is 15.0 Å². The number of hydrogen-bond donors (Lipinski definition) is 0. The summed E-state index contributed by atoms with van der Waals surface area (Å²) in [6.07, 6.45) is 3.77. The minimum Gasteiger partial charge on any atom is -0.494 e. The molecule has 0 saturated heterocycles. The van der Waals surface area contributed by atoms with E-state index in [0.717, 1.165) is 29.1 Å². The largest absolute Gasteiger partial charge is 0.494 e. The van der Waals surface area contributed by atoms with E-state index in [0.29, 0.717) is 34.5 Å². The molecule has 0 N–H and O–H groups in total. The van der Waals surface area contributed by atoms with Gasteiger partial charge in [0.1, 0.15) is 32.9 Å². The highest BCUT2D eigenvalue weighted by Gasteiger charge is 2.25. The van der Waals surface area contributed by atoms with Gasteiger partial charge in [-0.25, -0.2) is 4.98 Å². The molecule has 8 nitrogen and oxygen atoms in total. The molecule has 0 amide bonds. The number of benzene rings is 1. The predicted octanol–water partition coefficient (Wildman–Crippen LogP) is 5.30. The summed E-state index contributed by atoms with van der Waals surface area (Å²) in [5.74, 6) is 1.27. The molecule has 3 rings (SSSR count). The number of ether oxygens (including phenoxy) is 2. The summed E-state index contributed by atoms with van der Waals surface area (Å²) in [4.78, 5) is 33.6. The SMILES string of the molecule is CCCCc1nc(=O)c(Sc2ccc(Br)cn2)c(N=O)n1-c1c(OC)cccc1OC. The maximum Gasteiger partial charge on any atom is 0.289 e. The summed E-state index contributed by atoms with van der Waals surface area (Å²) in [5, 5.41) is 3.78. The van der Waals surface area contributed by atoms with Gasteiger partial charge in [-0.2, -0.15) is 4.98 Å². The summed E-state index contributed by atoms with van der Waals surface area (Å²) in [6, 6.07) is 8.81. The first kappa shape index (κ1) is 23.0. The molecule has 0 aliphatic heterocycles. The second-order valence-corrected chi connectivity index (χ2v) is 8.39. The van der Waals surface area contributed by atoms with Crippen LogP contribution in [0.1, 0.15) is 25.6 Å². The van der Waals surface area contributed by atoms with Gasteiger partial charge in [-0.15, -0.1) is 4.91 Å². The number of hydrogen-bond acceptors (Lipinski definition) is 8. The second kappa shape index (κ2) is 10.5. The summed E-state index contributed by atoms with van der Waals surface area (Å²) in [6.45, 7) is 2.04. The summed E-state index contributed by atoms with van der Waals surface area (Å²) < 4.78 is 13.4. The van der Waals surface area contributed by atoms with Crippen LogP contribution >= 0.6 is 27.7 Å². The first-order valence-corrected chi connectivity index (χ1v) is 11.1. The van der Waals surface area contributed by atoms with E-state index >= 15 is 0 Å². The first-order chi connectivity index (χ1) is 15.0. The zero-order valence-corrected chi connectivity index (χ0v) is 19.7. The average Bonchev–Trinajstić information content (AvgIpc) is 2.79. The molecule has 0 saturated carbocycles.